The fourth-order valence-corrected chi connectivity index (χ4v) is 5.22. The van der Waals surface area contributed by atoms with Crippen LogP contribution in [0.25, 0.3) is 0 Å². The molecule has 126 valence electrons. The highest BCUT2D eigenvalue weighted by Gasteiger charge is 2.52. The van der Waals surface area contributed by atoms with E-state index in [1.807, 2.05) is 6.92 Å². The summed E-state index contributed by atoms with van der Waals surface area (Å²) in [5.41, 5.74) is 1.68. The van der Waals surface area contributed by atoms with Crippen molar-refractivity contribution in [2.24, 2.45) is 11.3 Å². The number of ether oxygens (including phenoxy) is 1. The predicted octanol–water partition coefficient (Wildman–Crippen LogP) is 3.93. The Kier molecular flexibility index (Phi) is 4.84. The third-order valence-corrected chi connectivity index (χ3v) is 6.53. The number of hydrogen-bond acceptors (Lipinski definition) is 3. The highest BCUT2D eigenvalue weighted by molar-refractivity contribution is 5.25. The van der Waals surface area contributed by atoms with E-state index in [1.54, 1.807) is 0 Å². The van der Waals surface area contributed by atoms with E-state index in [4.69, 9.17) is 4.74 Å². The number of aliphatic hydroxyl groups excluding tert-OH is 2. The van der Waals surface area contributed by atoms with E-state index in [1.165, 1.54) is 11.3 Å². The minimum atomic E-state index is -0.196. The molecule has 2 aliphatic carbocycles. The van der Waals surface area contributed by atoms with Crippen molar-refractivity contribution in [3.05, 3.63) is 11.3 Å². The van der Waals surface area contributed by atoms with Crippen LogP contribution >= 0.6 is 0 Å². The molecule has 1 heterocycles. The Balaban J connectivity index is 1.66. The molecular weight excluding hydrogens is 276 g/mol. The van der Waals surface area contributed by atoms with Crippen molar-refractivity contribution >= 4 is 0 Å². The van der Waals surface area contributed by atoms with Crippen molar-refractivity contribution in [1.29, 1.82) is 0 Å². The van der Waals surface area contributed by atoms with E-state index in [9.17, 15) is 10.2 Å². The zero-order valence-electron chi connectivity index (χ0n) is 14.2. The molecule has 0 aromatic carbocycles. The maximum Gasteiger partial charge on any atom is 0.0985 e. The minimum absolute atomic E-state index is 0.111. The third kappa shape index (κ3) is 2.82. The normalized spacial score (nSPS) is 39.2. The van der Waals surface area contributed by atoms with Gasteiger partial charge in [-0.1, -0.05) is 6.92 Å². The minimum Gasteiger partial charge on any atom is -0.495 e. The Morgan fingerprint density at radius 2 is 2.09 bits per heavy atom. The molecule has 0 saturated heterocycles. The Bertz CT molecular complexity index is 428. The fraction of sp³-hybridized carbons (Fsp3) is 0.895. The number of hydrogen-bond donors (Lipinski definition) is 2. The number of rotatable bonds is 5. The molecule has 3 nitrogen and oxygen atoms in total. The van der Waals surface area contributed by atoms with Crippen LogP contribution in [0.3, 0.4) is 0 Å². The maximum atomic E-state index is 10.5. The summed E-state index contributed by atoms with van der Waals surface area (Å²) < 4.78 is 6.32. The summed E-state index contributed by atoms with van der Waals surface area (Å²) in [7, 11) is 0. The van der Waals surface area contributed by atoms with E-state index in [0.717, 1.165) is 64.2 Å². The summed E-state index contributed by atoms with van der Waals surface area (Å²) in [6.07, 6.45) is 10.6. The Labute approximate surface area is 134 Å². The van der Waals surface area contributed by atoms with Crippen molar-refractivity contribution in [2.75, 3.05) is 0 Å². The van der Waals surface area contributed by atoms with Crippen LogP contribution in [-0.4, -0.2) is 28.5 Å². The molecule has 1 aliphatic heterocycles. The van der Waals surface area contributed by atoms with E-state index in [2.05, 4.69) is 6.92 Å². The molecule has 1 saturated carbocycles. The van der Waals surface area contributed by atoms with Gasteiger partial charge in [0.25, 0.3) is 0 Å². The standard InChI is InChI=1S/C19H32O3/c1-3-19-12-11-17-15(16(19)9-10-18(19)21)8-7-14(22-17)6-4-5-13(2)20/h13-14,16,18,20-21H,3-12H2,1-2H3/t13?,14?,16?,18?,19-/m1/s1. The lowest BCUT2D eigenvalue weighted by molar-refractivity contribution is -0.00940. The first-order chi connectivity index (χ1) is 10.6. The number of aliphatic hydroxyl groups is 2. The first-order valence-corrected chi connectivity index (χ1v) is 9.31. The molecule has 2 N–H and O–H groups in total. The molecule has 3 aliphatic rings. The molecule has 3 heteroatoms. The molecule has 1 fully saturated rings. The highest BCUT2D eigenvalue weighted by atomic mass is 16.5. The van der Waals surface area contributed by atoms with Crippen LogP contribution in [0.1, 0.15) is 78.1 Å². The lowest BCUT2D eigenvalue weighted by atomic mass is 9.63. The van der Waals surface area contributed by atoms with Crippen molar-refractivity contribution in [3.8, 4) is 0 Å². The Morgan fingerprint density at radius 3 is 2.82 bits per heavy atom. The second-order valence-electron chi connectivity index (χ2n) is 7.74. The Hall–Kier alpha value is -0.540. The average molecular weight is 308 g/mol. The van der Waals surface area contributed by atoms with Crippen LogP contribution in [0, 0.1) is 11.3 Å². The van der Waals surface area contributed by atoms with Gasteiger partial charge in [0.1, 0.15) is 0 Å². The molecule has 0 aromatic rings. The van der Waals surface area contributed by atoms with Crippen LogP contribution in [0.15, 0.2) is 11.3 Å². The smallest absolute Gasteiger partial charge is 0.0985 e. The van der Waals surface area contributed by atoms with Crippen LogP contribution < -0.4 is 0 Å². The van der Waals surface area contributed by atoms with Gasteiger partial charge in [0, 0.05) is 11.8 Å². The predicted molar refractivity (Wildman–Crippen MR) is 87.4 cm³/mol. The summed E-state index contributed by atoms with van der Waals surface area (Å²) in [6, 6.07) is 0. The summed E-state index contributed by atoms with van der Waals surface area (Å²) >= 11 is 0. The van der Waals surface area contributed by atoms with Gasteiger partial charge in [-0.05, 0) is 76.2 Å². The summed E-state index contributed by atoms with van der Waals surface area (Å²) in [6.45, 7) is 4.11. The molecule has 0 amide bonds. The van der Waals surface area contributed by atoms with Gasteiger partial charge in [-0.2, -0.15) is 0 Å². The fourth-order valence-electron chi connectivity index (χ4n) is 5.22. The summed E-state index contributed by atoms with van der Waals surface area (Å²) in [5, 5.41) is 19.9. The number of allylic oxidation sites excluding steroid dienone is 2. The maximum absolute atomic E-state index is 10.5. The van der Waals surface area contributed by atoms with Crippen LogP contribution in [0.5, 0.6) is 0 Å². The number of fused-ring (bicyclic) bond motifs is 2. The zero-order chi connectivity index (χ0) is 15.7. The topological polar surface area (TPSA) is 49.7 Å². The molecule has 0 radical (unpaired) electrons. The van der Waals surface area contributed by atoms with Gasteiger partial charge in [0.2, 0.25) is 0 Å². The first kappa shape index (κ1) is 16.3. The van der Waals surface area contributed by atoms with Crippen LogP contribution in [0.2, 0.25) is 0 Å². The summed E-state index contributed by atoms with van der Waals surface area (Å²) in [4.78, 5) is 0. The van der Waals surface area contributed by atoms with Crippen molar-refractivity contribution in [2.45, 2.75) is 96.4 Å². The third-order valence-electron chi connectivity index (χ3n) is 6.53. The zero-order valence-corrected chi connectivity index (χ0v) is 14.2. The van der Waals surface area contributed by atoms with E-state index in [-0.39, 0.29) is 17.6 Å². The molecule has 22 heavy (non-hydrogen) atoms. The van der Waals surface area contributed by atoms with Gasteiger partial charge < -0.3 is 14.9 Å². The molecular formula is C19H32O3. The molecule has 3 rings (SSSR count). The summed E-state index contributed by atoms with van der Waals surface area (Å²) in [5.74, 6) is 1.83. The lowest BCUT2D eigenvalue weighted by Crippen LogP contribution is -2.40. The van der Waals surface area contributed by atoms with E-state index in [0.29, 0.717) is 12.0 Å². The second kappa shape index (κ2) is 6.52. The average Bonchev–Trinajstić information content (AvgIpc) is 2.84. The van der Waals surface area contributed by atoms with Crippen molar-refractivity contribution < 1.29 is 14.9 Å². The second-order valence-corrected chi connectivity index (χ2v) is 7.74. The van der Waals surface area contributed by atoms with E-state index < -0.39 is 0 Å². The van der Waals surface area contributed by atoms with Gasteiger partial charge in [-0.15, -0.1) is 0 Å². The van der Waals surface area contributed by atoms with Gasteiger partial charge in [-0.3, -0.25) is 0 Å². The first-order valence-electron chi connectivity index (χ1n) is 9.31. The van der Waals surface area contributed by atoms with Crippen LogP contribution in [-0.2, 0) is 4.74 Å². The van der Waals surface area contributed by atoms with Gasteiger partial charge >= 0.3 is 0 Å². The van der Waals surface area contributed by atoms with Crippen LogP contribution in [0.4, 0.5) is 0 Å². The molecule has 0 spiro atoms. The van der Waals surface area contributed by atoms with Gasteiger partial charge in [-0.25, -0.2) is 0 Å². The highest BCUT2D eigenvalue weighted by Crippen LogP contribution is 2.58. The Morgan fingerprint density at radius 1 is 1.27 bits per heavy atom. The van der Waals surface area contributed by atoms with Gasteiger partial charge in [0.15, 0.2) is 0 Å². The monoisotopic (exact) mass is 308 g/mol. The largest absolute Gasteiger partial charge is 0.495 e. The molecule has 0 aromatic heterocycles. The van der Waals surface area contributed by atoms with E-state index >= 15 is 0 Å². The lowest BCUT2D eigenvalue weighted by Gasteiger charge is -2.45. The molecule has 0 bridgehead atoms. The van der Waals surface area contributed by atoms with Crippen molar-refractivity contribution in [1.82, 2.24) is 0 Å². The van der Waals surface area contributed by atoms with Crippen molar-refractivity contribution in [3.63, 3.8) is 0 Å². The quantitative estimate of drug-likeness (QED) is 0.809. The van der Waals surface area contributed by atoms with Gasteiger partial charge in [0.05, 0.1) is 24.1 Å². The SMILES string of the molecule is CC[C@@]12CCC3=C(CCC(CCCC(C)O)O3)C1CCC2O. The molecule has 5 atom stereocenters. The molecule has 4 unspecified atom stereocenters.